The number of aromatic hydroxyl groups is 1. The molecular weight excluding hydrogens is 232 g/mol. The van der Waals surface area contributed by atoms with Crippen molar-refractivity contribution in [1.29, 1.82) is 0 Å². The van der Waals surface area contributed by atoms with E-state index in [1.807, 2.05) is 18.2 Å². The monoisotopic (exact) mass is 252 g/mol. The van der Waals surface area contributed by atoms with Gasteiger partial charge in [-0.1, -0.05) is 55.5 Å². The predicted octanol–water partition coefficient (Wildman–Crippen LogP) is 4.74. The third-order valence-corrected chi connectivity index (χ3v) is 3.37. The van der Waals surface area contributed by atoms with Gasteiger partial charge in [0.1, 0.15) is 5.75 Å². The maximum atomic E-state index is 9.31. The van der Waals surface area contributed by atoms with Gasteiger partial charge in [0.05, 0.1) is 0 Å². The Morgan fingerprint density at radius 3 is 2.63 bits per heavy atom. The summed E-state index contributed by atoms with van der Waals surface area (Å²) < 4.78 is 0. The van der Waals surface area contributed by atoms with Crippen molar-refractivity contribution >= 4 is 0 Å². The number of hydrogen-bond donors (Lipinski definition) is 1. The van der Waals surface area contributed by atoms with Crippen LogP contribution in [0.15, 0.2) is 72.9 Å². The van der Waals surface area contributed by atoms with E-state index in [0.29, 0.717) is 11.7 Å². The second-order valence-corrected chi connectivity index (χ2v) is 4.99. The van der Waals surface area contributed by atoms with Crippen LogP contribution in [0, 0.1) is 5.92 Å². The minimum Gasteiger partial charge on any atom is -0.508 e. The Morgan fingerprint density at radius 2 is 2.05 bits per heavy atom. The number of benzene rings is 1. The van der Waals surface area contributed by atoms with Gasteiger partial charge in [0.2, 0.25) is 0 Å². The Bertz CT molecular complexity index is 517. The molecule has 0 aliphatic heterocycles. The molecule has 0 aromatic heterocycles. The van der Waals surface area contributed by atoms with Crippen LogP contribution in [0.4, 0.5) is 0 Å². The van der Waals surface area contributed by atoms with Crippen LogP contribution in [-0.4, -0.2) is 5.11 Å². The molecule has 0 saturated heterocycles. The molecule has 0 radical (unpaired) electrons. The summed E-state index contributed by atoms with van der Waals surface area (Å²) in [5, 5.41) is 9.31. The Kier molecular flexibility index (Phi) is 4.40. The van der Waals surface area contributed by atoms with Gasteiger partial charge in [0.25, 0.3) is 0 Å². The van der Waals surface area contributed by atoms with Crippen molar-refractivity contribution in [2.24, 2.45) is 5.92 Å². The van der Waals surface area contributed by atoms with Crippen LogP contribution < -0.4 is 0 Å². The first-order valence-electron chi connectivity index (χ1n) is 6.67. The quantitative estimate of drug-likeness (QED) is 0.767. The van der Waals surface area contributed by atoms with Crippen molar-refractivity contribution < 1.29 is 5.11 Å². The highest BCUT2D eigenvalue weighted by Gasteiger charge is 2.05. The van der Waals surface area contributed by atoms with Gasteiger partial charge in [-0.15, -0.1) is 6.58 Å². The van der Waals surface area contributed by atoms with Gasteiger partial charge in [-0.2, -0.15) is 0 Å². The minimum atomic E-state index is 0.175. The fraction of sp³-hybridized carbons (Fsp3) is 0.222. The fourth-order valence-corrected chi connectivity index (χ4v) is 2.10. The van der Waals surface area contributed by atoms with Gasteiger partial charge in [0.15, 0.2) is 0 Å². The van der Waals surface area contributed by atoms with Gasteiger partial charge < -0.3 is 5.11 Å². The zero-order chi connectivity index (χ0) is 13.7. The van der Waals surface area contributed by atoms with E-state index in [4.69, 9.17) is 0 Å². The third kappa shape index (κ3) is 3.72. The summed E-state index contributed by atoms with van der Waals surface area (Å²) >= 11 is 0. The van der Waals surface area contributed by atoms with E-state index in [0.717, 1.165) is 12.0 Å². The molecule has 0 saturated carbocycles. The van der Waals surface area contributed by atoms with Crippen molar-refractivity contribution in [3.8, 4) is 5.75 Å². The summed E-state index contributed by atoms with van der Waals surface area (Å²) in [7, 11) is 0. The van der Waals surface area contributed by atoms with Crippen molar-refractivity contribution in [2.45, 2.75) is 19.3 Å². The smallest absolute Gasteiger partial charge is 0.115 e. The van der Waals surface area contributed by atoms with Gasteiger partial charge in [-0.05, 0) is 35.6 Å². The molecule has 0 bridgehead atoms. The molecule has 19 heavy (non-hydrogen) atoms. The van der Waals surface area contributed by atoms with E-state index in [1.165, 1.54) is 5.57 Å². The second kappa shape index (κ2) is 6.24. The summed E-state index contributed by atoms with van der Waals surface area (Å²) in [5.41, 5.74) is 2.39. The average Bonchev–Trinajstić information content (AvgIpc) is 2.43. The molecule has 2 atom stereocenters. The van der Waals surface area contributed by atoms with Crippen LogP contribution in [-0.2, 0) is 0 Å². The van der Waals surface area contributed by atoms with Crippen LogP contribution in [0.25, 0.3) is 0 Å². The highest BCUT2D eigenvalue weighted by molar-refractivity contribution is 5.38. The lowest BCUT2D eigenvalue weighted by Gasteiger charge is -2.11. The number of phenols is 1. The van der Waals surface area contributed by atoms with Crippen LogP contribution >= 0.6 is 0 Å². The van der Waals surface area contributed by atoms with E-state index < -0.39 is 0 Å². The van der Waals surface area contributed by atoms with Crippen molar-refractivity contribution in [3.05, 3.63) is 78.4 Å². The maximum Gasteiger partial charge on any atom is 0.115 e. The molecule has 1 aromatic carbocycles. The van der Waals surface area contributed by atoms with Crippen LogP contribution in [0.5, 0.6) is 5.75 Å². The molecule has 1 nitrogen and oxygen atoms in total. The standard InChI is InChI=1S/C18H20O/c1-3-16(17-10-12-18(19)13-11-17)9-8-15-6-4-14(2)5-7-15/h3-4,6-14,16,19H,1,5H2,2H3. The number of hydrogen-bond acceptors (Lipinski definition) is 1. The summed E-state index contributed by atoms with van der Waals surface area (Å²) in [5.74, 6) is 1.11. The molecule has 1 aliphatic carbocycles. The summed E-state index contributed by atoms with van der Waals surface area (Å²) in [6.45, 7) is 6.10. The Morgan fingerprint density at radius 1 is 1.32 bits per heavy atom. The highest BCUT2D eigenvalue weighted by atomic mass is 16.3. The molecule has 2 rings (SSSR count). The summed E-state index contributed by atoms with van der Waals surface area (Å²) in [4.78, 5) is 0. The molecule has 1 heteroatoms. The number of phenolic OH excluding ortho intramolecular Hbond substituents is 1. The molecule has 1 aliphatic rings. The molecule has 0 spiro atoms. The van der Waals surface area contributed by atoms with Crippen LogP contribution in [0.2, 0.25) is 0 Å². The van der Waals surface area contributed by atoms with E-state index in [2.05, 4.69) is 43.9 Å². The zero-order valence-corrected chi connectivity index (χ0v) is 11.3. The lowest BCUT2D eigenvalue weighted by Crippen LogP contribution is -1.94. The largest absolute Gasteiger partial charge is 0.508 e. The molecule has 0 fully saturated rings. The minimum absolute atomic E-state index is 0.175. The molecule has 1 aromatic rings. The lowest BCUT2D eigenvalue weighted by atomic mass is 9.95. The first-order chi connectivity index (χ1) is 9.19. The Labute approximate surface area is 115 Å². The highest BCUT2D eigenvalue weighted by Crippen LogP contribution is 2.23. The first-order valence-corrected chi connectivity index (χ1v) is 6.67. The maximum absolute atomic E-state index is 9.31. The summed E-state index contributed by atoms with van der Waals surface area (Å²) in [6, 6.07) is 7.28. The molecule has 2 unspecified atom stereocenters. The molecule has 0 heterocycles. The zero-order valence-electron chi connectivity index (χ0n) is 11.3. The first kappa shape index (κ1) is 13.4. The van der Waals surface area contributed by atoms with Crippen LogP contribution in [0.1, 0.15) is 24.8 Å². The molecule has 1 N–H and O–H groups in total. The lowest BCUT2D eigenvalue weighted by molar-refractivity contribution is 0.475. The normalized spacial score (nSPS) is 20.3. The van der Waals surface area contributed by atoms with E-state index in [9.17, 15) is 5.11 Å². The third-order valence-electron chi connectivity index (χ3n) is 3.37. The summed E-state index contributed by atoms with van der Waals surface area (Å²) in [6.07, 6.45) is 14.0. The number of allylic oxidation sites excluding steroid dienone is 7. The van der Waals surface area contributed by atoms with E-state index >= 15 is 0 Å². The molecule has 0 amide bonds. The van der Waals surface area contributed by atoms with Gasteiger partial charge in [-0.3, -0.25) is 0 Å². The van der Waals surface area contributed by atoms with Gasteiger partial charge in [0, 0.05) is 5.92 Å². The second-order valence-electron chi connectivity index (χ2n) is 4.99. The molecular formula is C18H20O. The van der Waals surface area contributed by atoms with E-state index in [1.54, 1.807) is 12.1 Å². The van der Waals surface area contributed by atoms with Gasteiger partial charge >= 0.3 is 0 Å². The van der Waals surface area contributed by atoms with E-state index in [-0.39, 0.29) is 5.92 Å². The Hall–Kier alpha value is -2.02. The molecule has 98 valence electrons. The topological polar surface area (TPSA) is 20.2 Å². The van der Waals surface area contributed by atoms with Crippen LogP contribution in [0.3, 0.4) is 0 Å². The van der Waals surface area contributed by atoms with Crippen molar-refractivity contribution in [2.75, 3.05) is 0 Å². The van der Waals surface area contributed by atoms with Crippen molar-refractivity contribution in [3.63, 3.8) is 0 Å². The van der Waals surface area contributed by atoms with Gasteiger partial charge in [-0.25, -0.2) is 0 Å². The predicted molar refractivity (Wildman–Crippen MR) is 81.2 cm³/mol. The SMILES string of the molecule is C=CC(C=CC1=CCC(C)C=C1)c1ccc(O)cc1. The van der Waals surface area contributed by atoms with Crippen molar-refractivity contribution in [1.82, 2.24) is 0 Å². The fourth-order valence-electron chi connectivity index (χ4n) is 2.10. The Balaban J connectivity index is 2.09. The number of rotatable bonds is 4. The average molecular weight is 252 g/mol.